The molecule has 7 nitrogen and oxygen atoms in total. The van der Waals surface area contributed by atoms with Crippen LogP contribution in [0.15, 0.2) is 24.5 Å². The molecule has 1 aliphatic rings. The van der Waals surface area contributed by atoms with Gasteiger partial charge in [0.15, 0.2) is 5.65 Å². The van der Waals surface area contributed by atoms with Crippen molar-refractivity contribution in [3.8, 4) is 5.88 Å². The Balaban J connectivity index is 1.50. The maximum atomic E-state index is 11.6. The lowest BCUT2D eigenvalue weighted by Crippen LogP contribution is -2.43. The maximum Gasteiger partial charge on any atom is 0.234 e. The SMILES string of the molecule is CCNC(=O)CN1CCC(Oc2ccn3nccc3n2)CC1. The lowest BCUT2D eigenvalue weighted by atomic mass is 10.1. The number of piperidine rings is 1. The van der Waals surface area contributed by atoms with Gasteiger partial charge in [0.2, 0.25) is 11.8 Å². The van der Waals surface area contributed by atoms with Gasteiger partial charge in [0, 0.05) is 38.0 Å². The van der Waals surface area contributed by atoms with Crippen LogP contribution in [0.1, 0.15) is 19.8 Å². The Labute approximate surface area is 129 Å². The Kier molecular flexibility index (Phi) is 4.53. The summed E-state index contributed by atoms with van der Waals surface area (Å²) in [6.45, 7) is 4.83. The average Bonchev–Trinajstić information content (AvgIpc) is 2.97. The van der Waals surface area contributed by atoms with Crippen LogP contribution in [0.25, 0.3) is 5.65 Å². The van der Waals surface area contributed by atoms with Crippen LogP contribution in [0.3, 0.4) is 0 Å². The number of likely N-dealkylation sites (tertiary alicyclic amines) is 1. The second kappa shape index (κ2) is 6.74. The minimum Gasteiger partial charge on any atom is -0.474 e. The summed E-state index contributed by atoms with van der Waals surface area (Å²) < 4.78 is 7.66. The van der Waals surface area contributed by atoms with Gasteiger partial charge in [-0.05, 0) is 19.8 Å². The molecule has 7 heteroatoms. The van der Waals surface area contributed by atoms with Crippen molar-refractivity contribution in [2.75, 3.05) is 26.2 Å². The molecule has 3 rings (SSSR count). The van der Waals surface area contributed by atoms with E-state index in [0.717, 1.165) is 31.6 Å². The summed E-state index contributed by atoms with van der Waals surface area (Å²) in [6.07, 6.45) is 5.54. The van der Waals surface area contributed by atoms with Crippen molar-refractivity contribution in [3.63, 3.8) is 0 Å². The second-order valence-electron chi connectivity index (χ2n) is 5.45. The van der Waals surface area contributed by atoms with Crippen LogP contribution in [0.4, 0.5) is 0 Å². The molecule has 0 atom stereocenters. The quantitative estimate of drug-likeness (QED) is 0.881. The van der Waals surface area contributed by atoms with Crippen LogP contribution in [0, 0.1) is 0 Å². The van der Waals surface area contributed by atoms with Crippen LogP contribution in [0.5, 0.6) is 5.88 Å². The lowest BCUT2D eigenvalue weighted by Gasteiger charge is -2.31. The van der Waals surface area contributed by atoms with Crippen LogP contribution >= 0.6 is 0 Å². The molecule has 0 aromatic carbocycles. The molecule has 0 unspecified atom stereocenters. The number of hydrogen-bond acceptors (Lipinski definition) is 5. The third kappa shape index (κ3) is 3.54. The molecule has 0 aliphatic carbocycles. The number of ether oxygens (including phenoxy) is 1. The topological polar surface area (TPSA) is 71.8 Å². The minimum atomic E-state index is 0.0923. The van der Waals surface area contributed by atoms with Crippen molar-refractivity contribution < 1.29 is 9.53 Å². The van der Waals surface area contributed by atoms with Gasteiger partial charge in [-0.25, -0.2) is 4.52 Å². The highest BCUT2D eigenvalue weighted by Gasteiger charge is 2.22. The zero-order valence-electron chi connectivity index (χ0n) is 12.7. The summed E-state index contributed by atoms with van der Waals surface area (Å²) in [6, 6.07) is 3.68. The molecule has 1 fully saturated rings. The molecule has 0 radical (unpaired) electrons. The maximum absolute atomic E-state index is 11.6. The Morgan fingerprint density at radius 2 is 2.23 bits per heavy atom. The number of carbonyl (C=O) groups is 1. The molecule has 2 aromatic heterocycles. The third-order valence-electron chi connectivity index (χ3n) is 3.80. The lowest BCUT2D eigenvalue weighted by molar-refractivity contribution is -0.122. The summed E-state index contributed by atoms with van der Waals surface area (Å²) >= 11 is 0. The number of hydrogen-bond donors (Lipinski definition) is 1. The highest BCUT2D eigenvalue weighted by molar-refractivity contribution is 5.77. The Morgan fingerprint density at radius 1 is 1.41 bits per heavy atom. The molecular formula is C15H21N5O2. The van der Waals surface area contributed by atoms with E-state index in [4.69, 9.17) is 4.74 Å². The van der Waals surface area contributed by atoms with Gasteiger partial charge in [-0.15, -0.1) is 0 Å². The van der Waals surface area contributed by atoms with E-state index in [1.807, 2.05) is 25.3 Å². The van der Waals surface area contributed by atoms with Gasteiger partial charge in [-0.3, -0.25) is 9.69 Å². The predicted molar refractivity (Wildman–Crippen MR) is 81.8 cm³/mol. The number of nitrogens with one attached hydrogen (secondary N) is 1. The number of likely N-dealkylation sites (N-methyl/N-ethyl adjacent to an activating group) is 1. The Morgan fingerprint density at radius 3 is 3.00 bits per heavy atom. The van der Waals surface area contributed by atoms with E-state index in [-0.39, 0.29) is 12.0 Å². The normalized spacial score (nSPS) is 16.8. The van der Waals surface area contributed by atoms with Crippen molar-refractivity contribution in [3.05, 3.63) is 24.5 Å². The number of amides is 1. The fourth-order valence-corrected chi connectivity index (χ4v) is 2.67. The molecular weight excluding hydrogens is 282 g/mol. The zero-order chi connectivity index (χ0) is 15.4. The van der Waals surface area contributed by atoms with Crippen LogP contribution in [0.2, 0.25) is 0 Å². The Hall–Kier alpha value is -2.15. The van der Waals surface area contributed by atoms with E-state index in [2.05, 4.69) is 20.3 Å². The number of rotatable bonds is 5. The van der Waals surface area contributed by atoms with Crippen molar-refractivity contribution in [1.29, 1.82) is 0 Å². The van der Waals surface area contributed by atoms with Gasteiger partial charge in [0.1, 0.15) is 6.10 Å². The summed E-state index contributed by atoms with van der Waals surface area (Å²) in [7, 11) is 0. The monoisotopic (exact) mass is 303 g/mol. The van der Waals surface area contributed by atoms with Crippen molar-refractivity contribution in [1.82, 2.24) is 24.8 Å². The fourth-order valence-electron chi connectivity index (χ4n) is 2.67. The molecule has 0 bridgehead atoms. The smallest absolute Gasteiger partial charge is 0.234 e. The molecule has 3 heterocycles. The highest BCUT2D eigenvalue weighted by Crippen LogP contribution is 2.17. The van der Waals surface area contributed by atoms with Crippen molar-refractivity contribution in [2.45, 2.75) is 25.9 Å². The molecule has 118 valence electrons. The molecule has 2 aromatic rings. The van der Waals surface area contributed by atoms with Crippen LogP contribution in [-0.4, -0.2) is 57.7 Å². The molecule has 1 saturated heterocycles. The van der Waals surface area contributed by atoms with Gasteiger partial charge in [-0.1, -0.05) is 0 Å². The summed E-state index contributed by atoms with van der Waals surface area (Å²) in [5.41, 5.74) is 0.783. The number of carbonyl (C=O) groups excluding carboxylic acids is 1. The first-order valence-electron chi connectivity index (χ1n) is 7.70. The number of fused-ring (bicyclic) bond motifs is 1. The molecule has 0 saturated carbocycles. The van der Waals surface area contributed by atoms with Gasteiger partial charge in [0.05, 0.1) is 12.7 Å². The molecule has 1 amide bonds. The minimum absolute atomic E-state index is 0.0923. The van der Waals surface area contributed by atoms with Gasteiger partial charge >= 0.3 is 0 Å². The predicted octanol–water partition coefficient (Wildman–Crippen LogP) is 0.709. The van der Waals surface area contributed by atoms with E-state index in [1.54, 1.807) is 10.7 Å². The summed E-state index contributed by atoms with van der Waals surface area (Å²) in [4.78, 5) is 18.2. The van der Waals surface area contributed by atoms with Crippen molar-refractivity contribution >= 4 is 11.6 Å². The number of aromatic nitrogens is 3. The molecule has 1 N–H and O–H groups in total. The van der Waals surface area contributed by atoms with Gasteiger partial charge in [-0.2, -0.15) is 10.1 Å². The van der Waals surface area contributed by atoms with E-state index in [0.29, 0.717) is 19.0 Å². The Bertz CT molecular complexity index is 634. The van der Waals surface area contributed by atoms with Gasteiger partial charge < -0.3 is 10.1 Å². The van der Waals surface area contributed by atoms with E-state index < -0.39 is 0 Å². The first-order chi connectivity index (χ1) is 10.7. The molecule has 1 aliphatic heterocycles. The first kappa shape index (κ1) is 14.8. The average molecular weight is 303 g/mol. The van der Waals surface area contributed by atoms with E-state index >= 15 is 0 Å². The van der Waals surface area contributed by atoms with Crippen LogP contribution < -0.4 is 10.1 Å². The van der Waals surface area contributed by atoms with E-state index in [9.17, 15) is 4.79 Å². The third-order valence-corrected chi connectivity index (χ3v) is 3.80. The second-order valence-corrected chi connectivity index (χ2v) is 5.45. The standard InChI is InChI=1S/C15H21N5O2/c1-2-16-14(21)11-19-8-4-12(5-9-19)22-15-6-10-20-13(18-15)3-7-17-20/h3,6-7,10,12H,2,4-5,8-9,11H2,1H3,(H,16,21). The highest BCUT2D eigenvalue weighted by atomic mass is 16.5. The van der Waals surface area contributed by atoms with E-state index in [1.165, 1.54) is 0 Å². The summed E-state index contributed by atoms with van der Waals surface area (Å²) in [5.74, 6) is 0.727. The molecule has 0 spiro atoms. The largest absolute Gasteiger partial charge is 0.474 e. The summed E-state index contributed by atoms with van der Waals surface area (Å²) in [5, 5.41) is 6.94. The molecule has 22 heavy (non-hydrogen) atoms. The zero-order valence-corrected chi connectivity index (χ0v) is 12.7. The van der Waals surface area contributed by atoms with Crippen LogP contribution in [-0.2, 0) is 4.79 Å². The fraction of sp³-hybridized carbons (Fsp3) is 0.533. The van der Waals surface area contributed by atoms with Gasteiger partial charge in [0.25, 0.3) is 0 Å². The first-order valence-corrected chi connectivity index (χ1v) is 7.70. The number of nitrogens with zero attached hydrogens (tertiary/aromatic N) is 4. The van der Waals surface area contributed by atoms with Crippen molar-refractivity contribution in [2.24, 2.45) is 0 Å².